The first-order valence-corrected chi connectivity index (χ1v) is 4.37. The fraction of sp³-hybridized carbons (Fsp3) is 0.111. The van der Waals surface area contributed by atoms with Crippen molar-refractivity contribution in [3.8, 4) is 0 Å². The van der Waals surface area contributed by atoms with E-state index < -0.39 is 0 Å². The van der Waals surface area contributed by atoms with Crippen LogP contribution < -0.4 is 0 Å². The molecule has 0 bridgehead atoms. The van der Waals surface area contributed by atoms with Gasteiger partial charge in [-0.25, -0.2) is 4.68 Å². The average molecular weight is 203 g/mol. The Hall–Kier alpha value is -2.24. The number of oxime groups is 1. The molecule has 0 radical (unpaired) electrons. The molecule has 0 spiro atoms. The van der Waals surface area contributed by atoms with E-state index in [2.05, 4.69) is 20.7 Å². The van der Waals surface area contributed by atoms with E-state index in [1.54, 1.807) is 0 Å². The van der Waals surface area contributed by atoms with Gasteiger partial charge in [0.05, 0.1) is 6.54 Å². The average Bonchev–Trinajstić information content (AvgIpc) is 2.80. The molecule has 2 aromatic rings. The highest BCUT2D eigenvalue weighted by Gasteiger charge is 2.05. The minimum atomic E-state index is 0.341. The van der Waals surface area contributed by atoms with Crippen LogP contribution in [0.1, 0.15) is 5.56 Å². The van der Waals surface area contributed by atoms with Crippen LogP contribution >= 0.6 is 0 Å². The molecule has 15 heavy (non-hydrogen) atoms. The van der Waals surface area contributed by atoms with Crippen molar-refractivity contribution in [2.75, 3.05) is 0 Å². The predicted molar refractivity (Wildman–Crippen MR) is 52.6 cm³/mol. The standard InChI is InChI=1S/C9H9N5O/c15-11-9(6-14-7-10-12-13-14)8-4-2-1-3-5-8/h1-5,7,15H,6H2/b11-9+. The molecule has 1 heterocycles. The summed E-state index contributed by atoms with van der Waals surface area (Å²) >= 11 is 0. The highest BCUT2D eigenvalue weighted by atomic mass is 16.4. The molecule has 6 heteroatoms. The topological polar surface area (TPSA) is 76.2 Å². The van der Waals surface area contributed by atoms with Crippen molar-refractivity contribution in [3.05, 3.63) is 42.2 Å². The second kappa shape index (κ2) is 4.32. The van der Waals surface area contributed by atoms with Gasteiger partial charge in [0.2, 0.25) is 0 Å². The van der Waals surface area contributed by atoms with Gasteiger partial charge in [-0.15, -0.1) is 5.10 Å². The van der Waals surface area contributed by atoms with Crippen LogP contribution in [0.5, 0.6) is 0 Å². The zero-order valence-electron chi connectivity index (χ0n) is 7.85. The van der Waals surface area contributed by atoms with Gasteiger partial charge >= 0.3 is 0 Å². The van der Waals surface area contributed by atoms with Gasteiger partial charge in [0, 0.05) is 5.56 Å². The third-order valence-corrected chi connectivity index (χ3v) is 1.93. The summed E-state index contributed by atoms with van der Waals surface area (Å²) in [5, 5.41) is 22.8. The number of hydrogen-bond donors (Lipinski definition) is 1. The van der Waals surface area contributed by atoms with E-state index in [1.165, 1.54) is 11.0 Å². The molecule has 0 amide bonds. The molecular weight excluding hydrogens is 194 g/mol. The molecule has 1 aromatic heterocycles. The molecule has 0 fully saturated rings. The summed E-state index contributed by atoms with van der Waals surface area (Å²) < 4.78 is 1.49. The van der Waals surface area contributed by atoms with Gasteiger partial charge in [0.15, 0.2) is 0 Å². The van der Waals surface area contributed by atoms with Crippen molar-refractivity contribution in [1.82, 2.24) is 20.2 Å². The molecule has 76 valence electrons. The molecule has 6 nitrogen and oxygen atoms in total. The van der Waals surface area contributed by atoms with Crippen molar-refractivity contribution < 1.29 is 5.21 Å². The predicted octanol–water partition coefficient (Wildman–Crippen LogP) is 0.552. The van der Waals surface area contributed by atoms with Crippen LogP contribution in [0.25, 0.3) is 0 Å². The maximum Gasteiger partial charge on any atom is 0.138 e. The summed E-state index contributed by atoms with van der Waals surface area (Å²) in [6, 6.07) is 9.37. The van der Waals surface area contributed by atoms with Crippen LogP contribution in [0, 0.1) is 0 Å². The fourth-order valence-electron chi connectivity index (χ4n) is 1.22. The van der Waals surface area contributed by atoms with Crippen LogP contribution in [0.15, 0.2) is 41.8 Å². The molecule has 0 aliphatic heterocycles. The van der Waals surface area contributed by atoms with E-state index in [0.29, 0.717) is 12.3 Å². The molecule has 1 N–H and O–H groups in total. The molecule has 2 rings (SSSR count). The fourth-order valence-corrected chi connectivity index (χ4v) is 1.22. The molecule has 0 saturated carbocycles. The monoisotopic (exact) mass is 203 g/mol. The maximum absolute atomic E-state index is 8.88. The number of nitrogens with zero attached hydrogens (tertiary/aromatic N) is 5. The molecule has 0 atom stereocenters. The largest absolute Gasteiger partial charge is 0.411 e. The lowest BCUT2D eigenvalue weighted by molar-refractivity contribution is 0.317. The van der Waals surface area contributed by atoms with Crippen molar-refractivity contribution in [3.63, 3.8) is 0 Å². The summed E-state index contributed by atoms with van der Waals surface area (Å²) in [6.45, 7) is 0.341. The lowest BCUT2D eigenvalue weighted by Crippen LogP contribution is -2.12. The van der Waals surface area contributed by atoms with Crippen LogP contribution in [-0.4, -0.2) is 31.1 Å². The minimum Gasteiger partial charge on any atom is -0.411 e. The normalized spacial score (nSPS) is 11.6. The Bertz CT molecular complexity index is 437. The smallest absolute Gasteiger partial charge is 0.138 e. The van der Waals surface area contributed by atoms with E-state index in [0.717, 1.165) is 5.56 Å². The Balaban J connectivity index is 2.20. The summed E-state index contributed by atoms with van der Waals surface area (Å²) in [5.74, 6) is 0. The van der Waals surface area contributed by atoms with Crippen LogP contribution in [0.3, 0.4) is 0 Å². The van der Waals surface area contributed by atoms with Crippen molar-refractivity contribution in [2.24, 2.45) is 5.16 Å². The number of hydrogen-bond acceptors (Lipinski definition) is 5. The molecule has 0 unspecified atom stereocenters. The number of rotatable bonds is 3. The first-order valence-electron chi connectivity index (χ1n) is 4.37. The first-order chi connectivity index (χ1) is 7.40. The Morgan fingerprint density at radius 1 is 1.33 bits per heavy atom. The van der Waals surface area contributed by atoms with Crippen molar-refractivity contribution in [2.45, 2.75) is 6.54 Å². The maximum atomic E-state index is 8.88. The number of tetrazole rings is 1. The van der Waals surface area contributed by atoms with Gasteiger partial charge < -0.3 is 5.21 Å². The van der Waals surface area contributed by atoms with Gasteiger partial charge in [-0.2, -0.15) is 0 Å². The Morgan fingerprint density at radius 2 is 2.13 bits per heavy atom. The third kappa shape index (κ3) is 2.16. The molecule has 0 aliphatic rings. The second-order valence-electron chi connectivity index (χ2n) is 2.92. The van der Waals surface area contributed by atoms with Gasteiger partial charge in [-0.3, -0.25) is 0 Å². The molecule has 0 saturated heterocycles. The van der Waals surface area contributed by atoms with Gasteiger partial charge in [0.1, 0.15) is 12.0 Å². The highest BCUT2D eigenvalue weighted by molar-refractivity contribution is 5.99. The van der Waals surface area contributed by atoms with Crippen molar-refractivity contribution in [1.29, 1.82) is 0 Å². The molecule has 1 aromatic carbocycles. The number of benzene rings is 1. The molecule has 0 aliphatic carbocycles. The van der Waals surface area contributed by atoms with E-state index >= 15 is 0 Å². The summed E-state index contributed by atoms with van der Waals surface area (Å²) in [6.07, 6.45) is 1.47. The van der Waals surface area contributed by atoms with E-state index in [-0.39, 0.29) is 0 Å². The van der Waals surface area contributed by atoms with Gasteiger partial charge in [-0.1, -0.05) is 35.5 Å². The second-order valence-corrected chi connectivity index (χ2v) is 2.92. The first kappa shape index (κ1) is 9.32. The third-order valence-electron chi connectivity index (χ3n) is 1.93. The van der Waals surface area contributed by atoms with Crippen LogP contribution in [-0.2, 0) is 6.54 Å². The van der Waals surface area contributed by atoms with E-state index in [9.17, 15) is 0 Å². The summed E-state index contributed by atoms with van der Waals surface area (Å²) in [7, 11) is 0. The number of aromatic nitrogens is 4. The lowest BCUT2D eigenvalue weighted by Gasteiger charge is -2.02. The van der Waals surface area contributed by atoms with Crippen LogP contribution in [0.2, 0.25) is 0 Å². The van der Waals surface area contributed by atoms with E-state index in [1.807, 2.05) is 30.3 Å². The Labute approximate surface area is 85.8 Å². The van der Waals surface area contributed by atoms with Gasteiger partial charge in [0.25, 0.3) is 0 Å². The van der Waals surface area contributed by atoms with E-state index in [4.69, 9.17) is 5.21 Å². The lowest BCUT2D eigenvalue weighted by atomic mass is 10.1. The zero-order valence-corrected chi connectivity index (χ0v) is 7.85. The highest BCUT2D eigenvalue weighted by Crippen LogP contribution is 2.02. The summed E-state index contributed by atoms with van der Waals surface area (Å²) in [5.41, 5.74) is 1.36. The molecular formula is C9H9N5O. The Morgan fingerprint density at radius 3 is 2.73 bits per heavy atom. The SMILES string of the molecule is O/N=C(\Cn1cnnn1)c1ccccc1. The van der Waals surface area contributed by atoms with Crippen LogP contribution in [0.4, 0.5) is 0 Å². The summed E-state index contributed by atoms with van der Waals surface area (Å²) in [4.78, 5) is 0. The zero-order chi connectivity index (χ0) is 10.5. The Kier molecular flexibility index (Phi) is 2.68. The van der Waals surface area contributed by atoms with Gasteiger partial charge in [-0.05, 0) is 10.4 Å². The minimum absolute atomic E-state index is 0.341. The van der Waals surface area contributed by atoms with Crippen molar-refractivity contribution >= 4 is 5.71 Å². The quantitative estimate of drug-likeness (QED) is 0.449.